The number of ether oxygens (including phenoxy) is 6. The lowest BCUT2D eigenvalue weighted by molar-refractivity contribution is -0.379. The molecule has 19 heteroatoms. The number of hydrogen-bond acceptors (Lipinski definition) is 18. The first-order valence-electron chi connectivity index (χ1n) is 42.2. The summed E-state index contributed by atoms with van der Waals surface area (Å²) in [7, 11) is 0. The summed E-state index contributed by atoms with van der Waals surface area (Å²) in [6.45, 7) is 1.77. The van der Waals surface area contributed by atoms with Gasteiger partial charge in [-0.1, -0.05) is 339 Å². The first-order chi connectivity index (χ1) is 49.8. The van der Waals surface area contributed by atoms with Crippen molar-refractivity contribution in [1.82, 2.24) is 5.32 Å². The fraction of sp³-hybridized carbons (Fsp3) is 0.916. The molecule has 3 aliphatic rings. The zero-order valence-electron chi connectivity index (χ0n) is 64.4. The van der Waals surface area contributed by atoms with E-state index in [2.05, 4.69) is 43.5 Å². The standard InChI is InChI=1S/C83H155NO18/c1-3-5-7-9-11-13-15-17-19-21-23-25-27-29-30-31-32-33-34-35-36-37-38-40-42-44-46-48-50-52-54-56-58-60-67(88)66(84-71(89)61-59-57-55-53-51-49-47-45-43-41-39-28-26-24-22-20-18-16-14-12-10-8-6-4-2)65-97-81-77(95)74(92)79(69(63-86)99-81)102-83-78(96)75(93)80(70(64-87)100-83)101-82-76(94)73(91)72(90)68(62-85)98-82/h42,44,50,52,58,60,66-70,72-83,85-88,90-96H,3-41,43,45-49,51,53-57,59,61-65H2,1-2H3,(H,84,89)/b44-42+,52-50+,60-58+. The van der Waals surface area contributed by atoms with Crippen LogP contribution in [0.15, 0.2) is 36.5 Å². The molecule has 12 N–H and O–H groups in total. The number of aliphatic hydroxyl groups is 11. The van der Waals surface area contributed by atoms with Crippen molar-refractivity contribution >= 4 is 5.91 Å². The number of nitrogens with one attached hydrogen (secondary N) is 1. The Morgan fingerprint density at radius 3 is 0.980 bits per heavy atom. The van der Waals surface area contributed by atoms with Crippen LogP contribution in [0, 0.1) is 0 Å². The van der Waals surface area contributed by atoms with Gasteiger partial charge in [-0.25, -0.2) is 0 Å². The highest BCUT2D eigenvalue weighted by atomic mass is 16.8. The van der Waals surface area contributed by atoms with Crippen molar-refractivity contribution in [2.75, 3.05) is 26.4 Å². The molecule has 3 rings (SSSR count). The van der Waals surface area contributed by atoms with E-state index in [1.165, 1.54) is 276 Å². The van der Waals surface area contributed by atoms with Gasteiger partial charge < -0.3 is 89.9 Å². The number of unbranched alkanes of at least 4 members (excludes halogenated alkanes) is 48. The number of rotatable bonds is 68. The smallest absolute Gasteiger partial charge is 0.220 e. The minimum atomic E-state index is -1.98. The summed E-state index contributed by atoms with van der Waals surface area (Å²) in [6.07, 6.45) is 53.0. The van der Waals surface area contributed by atoms with Gasteiger partial charge in [0.1, 0.15) is 73.2 Å². The van der Waals surface area contributed by atoms with Gasteiger partial charge in [-0.05, 0) is 44.9 Å². The number of amides is 1. The molecular formula is C83H155NO18. The number of carbonyl (C=O) groups is 1. The fourth-order valence-electron chi connectivity index (χ4n) is 14.4. The van der Waals surface area contributed by atoms with Crippen LogP contribution in [-0.2, 0) is 33.2 Å². The van der Waals surface area contributed by atoms with Crippen molar-refractivity contribution in [2.24, 2.45) is 0 Å². The van der Waals surface area contributed by atoms with Crippen LogP contribution in [0.1, 0.15) is 354 Å². The molecule has 3 fully saturated rings. The van der Waals surface area contributed by atoms with Crippen LogP contribution in [-0.4, -0.2) is 193 Å². The van der Waals surface area contributed by atoms with Gasteiger partial charge in [0, 0.05) is 6.42 Å². The number of carbonyl (C=O) groups excluding carboxylic acids is 1. The maximum absolute atomic E-state index is 13.5. The third kappa shape index (κ3) is 43.3. The van der Waals surface area contributed by atoms with Crippen molar-refractivity contribution < 1.29 is 89.4 Å². The maximum atomic E-state index is 13.5. The number of aliphatic hydroxyl groups excluding tert-OH is 11. The molecule has 3 saturated heterocycles. The average Bonchev–Trinajstić information content (AvgIpc) is 0.777. The van der Waals surface area contributed by atoms with Crippen LogP contribution in [0.2, 0.25) is 0 Å². The van der Waals surface area contributed by atoms with Gasteiger partial charge in [0.05, 0.1) is 38.6 Å². The van der Waals surface area contributed by atoms with E-state index in [1.54, 1.807) is 6.08 Å². The molecule has 17 unspecified atom stereocenters. The molecule has 0 aromatic rings. The Hall–Kier alpha value is -1.99. The molecule has 0 aromatic heterocycles. The normalized spacial score (nSPS) is 26.3. The topological polar surface area (TPSA) is 307 Å². The Balaban J connectivity index is 1.37. The number of allylic oxidation sites excluding steroid dienone is 5. The van der Waals surface area contributed by atoms with Gasteiger partial charge in [-0.15, -0.1) is 0 Å². The van der Waals surface area contributed by atoms with Crippen molar-refractivity contribution in [2.45, 2.75) is 458 Å². The molecule has 19 nitrogen and oxygen atoms in total. The van der Waals surface area contributed by atoms with Gasteiger partial charge in [0.15, 0.2) is 18.9 Å². The van der Waals surface area contributed by atoms with E-state index < -0.39 is 124 Å². The maximum Gasteiger partial charge on any atom is 0.220 e. The molecular weight excluding hydrogens is 1300 g/mol. The van der Waals surface area contributed by atoms with E-state index in [1.807, 2.05) is 6.08 Å². The van der Waals surface area contributed by atoms with Gasteiger partial charge >= 0.3 is 0 Å². The molecule has 0 radical (unpaired) electrons. The molecule has 1 amide bonds. The summed E-state index contributed by atoms with van der Waals surface area (Å²) in [4.78, 5) is 13.5. The zero-order chi connectivity index (χ0) is 73.9. The summed E-state index contributed by atoms with van der Waals surface area (Å²) < 4.78 is 34.5. The largest absolute Gasteiger partial charge is 0.394 e. The molecule has 0 spiro atoms. The van der Waals surface area contributed by atoms with E-state index in [9.17, 15) is 61.0 Å². The number of hydrogen-bond donors (Lipinski definition) is 12. The van der Waals surface area contributed by atoms with E-state index in [4.69, 9.17) is 28.4 Å². The minimum Gasteiger partial charge on any atom is -0.394 e. The molecule has 17 atom stereocenters. The zero-order valence-corrected chi connectivity index (χ0v) is 64.4. The molecule has 600 valence electrons. The average molecular weight is 1460 g/mol. The molecule has 0 aromatic carbocycles. The first kappa shape index (κ1) is 94.2. The lowest BCUT2D eigenvalue weighted by atomic mass is 9.96. The van der Waals surface area contributed by atoms with Crippen molar-refractivity contribution in [3.05, 3.63) is 36.5 Å². The molecule has 102 heavy (non-hydrogen) atoms. The first-order valence-corrected chi connectivity index (χ1v) is 42.2. The van der Waals surface area contributed by atoms with E-state index >= 15 is 0 Å². The van der Waals surface area contributed by atoms with Crippen molar-refractivity contribution in [3.63, 3.8) is 0 Å². The lowest BCUT2D eigenvalue weighted by Gasteiger charge is -2.48. The summed E-state index contributed by atoms with van der Waals surface area (Å²) in [6, 6.07) is -0.996. The van der Waals surface area contributed by atoms with E-state index in [-0.39, 0.29) is 18.9 Å². The van der Waals surface area contributed by atoms with Crippen LogP contribution in [0.5, 0.6) is 0 Å². The van der Waals surface area contributed by atoms with Gasteiger partial charge in [-0.2, -0.15) is 0 Å². The second-order valence-corrected chi connectivity index (χ2v) is 30.3. The molecule has 3 heterocycles. The Bertz CT molecular complexity index is 1980. The highest BCUT2D eigenvalue weighted by Gasteiger charge is 2.54. The van der Waals surface area contributed by atoms with Gasteiger partial charge in [0.2, 0.25) is 5.91 Å². The van der Waals surface area contributed by atoms with Crippen LogP contribution >= 0.6 is 0 Å². The quantitative estimate of drug-likeness (QED) is 0.0199. The van der Waals surface area contributed by atoms with Gasteiger partial charge in [-0.3, -0.25) is 4.79 Å². The Labute approximate surface area is 619 Å². The summed E-state index contributed by atoms with van der Waals surface area (Å²) in [5, 5.41) is 121. The van der Waals surface area contributed by atoms with E-state index in [0.717, 1.165) is 44.9 Å². The minimum absolute atomic E-state index is 0.236. The fourth-order valence-corrected chi connectivity index (χ4v) is 14.4. The van der Waals surface area contributed by atoms with Crippen LogP contribution in [0.25, 0.3) is 0 Å². The third-order valence-electron chi connectivity index (χ3n) is 21.2. The summed E-state index contributed by atoms with van der Waals surface area (Å²) in [5.41, 5.74) is 0. The highest BCUT2D eigenvalue weighted by Crippen LogP contribution is 2.33. The van der Waals surface area contributed by atoms with Crippen molar-refractivity contribution in [3.8, 4) is 0 Å². The molecule has 0 bridgehead atoms. The Morgan fingerprint density at radius 2 is 0.627 bits per heavy atom. The van der Waals surface area contributed by atoms with Crippen LogP contribution in [0.3, 0.4) is 0 Å². The van der Waals surface area contributed by atoms with Crippen molar-refractivity contribution in [1.29, 1.82) is 0 Å². The highest BCUT2D eigenvalue weighted by molar-refractivity contribution is 5.76. The SMILES string of the molecule is CCCCCCCCCCCCCCCCCCCCCCCCC/C=C/CC/C=C/CC/C=C/C(O)C(COC1OC(CO)C(OC2OC(CO)C(OC3OC(CO)C(O)C(O)C3O)C(O)C2O)C(O)C1O)NC(=O)CCCCCCCCCCCCCCCCCCCCCCCCCC. The predicted octanol–water partition coefficient (Wildman–Crippen LogP) is 14.7. The third-order valence-corrected chi connectivity index (χ3v) is 21.2. The Morgan fingerprint density at radius 1 is 0.343 bits per heavy atom. The second kappa shape index (κ2) is 63.9. The Kier molecular flexibility index (Phi) is 59.0. The summed E-state index contributed by atoms with van der Waals surface area (Å²) >= 11 is 0. The van der Waals surface area contributed by atoms with Crippen LogP contribution in [0.4, 0.5) is 0 Å². The molecule has 3 aliphatic heterocycles. The molecule has 0 aliphatic carbocycles. The molecule has 0 saturated carbocycles. The monoisotopic (exact) mass is 1450 g/mol. The van der Waals surface area contributed by atoms with E-state index in [0.29, 0.717) is 12.8 Å². The van der Waals surface area contributed by atoms with Crippen LogP contribution < -0.4 is 5.32 Å². The lowest BCUT2D eigenvalue weighted by Crippen LogP contribution is -2.66. The summed E-state index contributed by atoms with van der Waals surface area (Å²) in [5.74, 6) is -0.282. The second-order valence-electron chi connectivity index (χ2n) is 30.3. The predicted molar refractivity (Wildman–Crippen MR) is 406 cm³/mol. The van der Waals surface area contributed by atoms with Gasteiger partial charge in [0.25, 0.3) is 0 Å².